The molecule has 134 valence electrons. The third-order valence-corrected chi connectivity index (χ3v) is 2.95. The van der Waals surface area contributed by atoms with Gasteiger partial charge in [0.2, 0.25) is 0 Å². The summed E-state index contributed by atoms with van der Waals surface area (Å²) >= 11 is 0. The van der Waals surface area contributed by atoms with Gasteiger partial charge in [-0.1, -0.05) is 6.92 Å². The van der Waals surface area contributed by atoms with Crippen LogP contribution >= 0.6 is 0 Å². The van der Waals surface area contributed by atoms with Crippen LogP contribution in [0.25, 0.3) is 0 Å². The molecule has 0 saturated carbocycles. The van der Waals surface area contributed by atoms with Crippen molar-refractivity contribution in [3.63, 3.8) is 0 Å². The highest BCUT2D eigenvalue weighted by Gasteiger charge is 2.23. The predicted molar refractivity (Wildman–Crippen MR) is 87.8 cm³/mol. The summed E-state index contributed by atoms with van der Waals surface area (Å²) in [5.41, 5.74) is -0.290. The van der Waals surface area contributed by atoms with E-state index in [9.17, 15) is 14.7 Å². The van der Waals surface area contributed by atoms with E-state index in [0.29, 0.717) is 5.56 Å². The fraction of sp³-hybridized carbons (Fsp3) is 0.529. The summed E-state index contributed by atoms with van der Waals surface area (Å²) in [5.74, 6) is -0.161. The molecule has 7 heteroatoms. The molecule has 0 radical (unpaired) electrons. The molecule has 7 nitrogen and oxygen atoms in total. The maximum Gasteiger partial charge on any atom is 0.410 e. The van der Waals surface area contributed by atoms with E-state index >= 15 is 0 Å². The highest BCUT2D eigenvalue weighted by molar-refractivity contribution is 5.72. The zero-order valence-electron chi connectivity index (χ0n) is 14.5. The third kappa shape index (κ3) is 6.45. The first-order valence-corrected chi connectivity index (χ1v) is 7.77. The van der Waals surface area contributed by atoms with E-state index in [2.05, 4.69) is 0 Å². The second-order valence-electron chi connectivity index (χ2n) is 6.24. The van der Waals surface area contributed by atoms with E-state index in [1.807, 2.05) is 0 Å². The van der Waals surface area contributed by atoms with Crippen LogP contribution in [0.4, 0.5) is 4.79 Å². The van der Waals surface area contributed by atoms with Crippen LogP contribution in [0.3, 0.4) is 0 Å². The second-order valence-corrected chi connectivity index (χ2v) is 6.24. The van der Waals surface area contributed by atoms with Gasteiger partial charge in [-0.05, 0) is 39.0 Å². The van der Waals surface area contributed by atoms with Crippen molar-refractivity contribution in [2.45, 2.75) is 46.3 Å². The number of nitrogens with zero attached hydrogens (tertiary/aromatic N) is 1. The van der Waals surface area contributed by atoms with Crippen molar-refractivity contribution in [3.05, 3.63) is 23.8 Å². The van der Waals surface area contributed by atoms with Gasteiger partial charge in [-0.2, -0.15) is 0 Å². The molecule has 0 atom stereocenters. The largest absolute Gasteiger partial charge is 0.508 e. The number of phenols is 1. The Hall–Kier alpha value is -2.28. The summed E-state index contributed by atoms with van der Waals surface area (Å²) in [4.78, 5) is 24.8. The lowest BCUT2D eigenvalue weighted by molar-refractivity contribution is -0.134. The zero-order chi connectivity index (χ0) is 18.3. The number of rotatable bonds is 6. The molecule has 0 bridgehead atoms. The maximum atomic E-state index is 12.2. The van der Waals surface area contributed by atoms with E-state index in [1.54, 1.807) is 27.7 Å². The number of aliphatic hydroxyl groups excluding tert-OH is 1. The summed E-state index contributed by atoms with van der Waals surface area (Å²) in [7, 11) is 0. The number of aromatic hydroxyl groups is 1. The molecule has 0 fully saturated rings. The Morgan fingerprint density at radius 1 is 1.25 bits per heavy atom. The normalized spacial score (nSPS) is 11.0. The molecule has 0 unspecified atom stereocenters. The van der Waals surface area contributed by atoms with Crippen LogP contribution in [0.2, 0.25) is 0 Å². The molecule has 0 aliphatic carbocycles. The van der Waals surface area contributed by atoms with Crippen LogP contribution in [-0.4, -0.2) is 45.9 Å². The molecule has 1 aromatic carbocycles. The Morgan fingerprint density at radius 3 is 2.46 bits per heavy atom. The van der Waals surface area contributed by atoms with Gasteiger partial charge >= 0.3 is 12.1 Å². The Kier molecular flexibility index (Phi) is 7.03. The van der Waals surface area contributed by atoms with Gasteiger partial charge < -0.3 is 24.6 Å². The van der Waals surface area contributed by atoms with E-state index in [1.165, 1.54) is 23.1 Å². The number of aliphatic hydroxyl groups is 1. The predicted octanol–water partition coefficient (Wildman–Crippen LogP) is 2.44. The molecule has 0 aromatic heterocycles. The minimum Gasteiger partial charge on any atom is -0.508 e. The zero-order valence-corrected chi connectivity index (χ0v) is 14.5. The molecule has 24 heavy (non-hydrogen) atoms. The van der Waals surface area contributed by atoms with Crippen molar-refractivity contribution in [3.8, 4) is 11.5 Å². The standard InChI is InChI=1S/C17H25NO6/c1-5-15(21)23-13-6-7-14(20)12(10-13)11-18(8-9-19)16(22)24-17(2,3)4/h6-7,10,19-20H,5,8-9,11H2,1-4H3. The minimum absolute atomic E-state index is 0.0127. The van der Waals surface area contributed by atoms with Crippen LogP contribution in [-0.2, 0) is 16.1 Å². The number of ether oxygens (including phenoxy) is 2. The molecule has 0 aliphatic rings. The number of esters is 1. The molecular formula is C17H25NO6. The molecule has 1 rings (SSSR count). The van der Waals surface area contributed by atoms with Crippen molar-refractivity contribution in [2.75, 3.05) is 13.2 Å². The van der Waals surface area contributed by atoms with Gasteiger partial charge in [-0.3, -0.25) is 4.79 Å². The van der Waals surface area contributed by atoms with Crippen LogP contribution in [0.1, 0.15) is 39.7 Å². The molecule has 0 aliphatic heterocycles. The molecule has 0 spiro atoms. The van der Waals surface area contributed by atoms with Crippen molar-refractivity contribution in [1.29, 1.82) is 0 Å². The van der Waals surface area contributed by atoms with Gasteiger partial charge in [-0.25, -0.2) is 4.79 Å². The average Bonchev–Trinajstić information content (AvgIpc) is 2.48. The molecular weight excluding hydrogens is 314 g/mol. The number of amides is 1. The second kappa shape index (κ2) is 8.54. The van der Waals surface area contributed by atoms with Crippen molar-refractivity contribution in [1.82, 2.24) is 4.90 Å². The Labute approximate surface area is 141 Å². The van der Waals surface area contributed by atoms with Gasteiger partial charge in [0.05, 0.1) is 13.2 Å². The van der Waals surface area contributed by atoms with Crippen molar-refractivity contribution >= 4 is 12.1 Å². The topological polar surface area (TPSA) is 96.3 Å². The highest BCUT2D eigenvalue weighted by atomic mass is 16.6. The molecule has 1 amide bonds. The first-order chi connectivity index (χ1) is 11.2. The average molecular weight is 339 g/mol. The molecule has 0 saturated heterocycles. The maximum absolute atomic E-state index is 12.2. The van der Waals surface area contributed by atoms with E-state index in [-0.39, 0.29) is 37.6 Å². The summed E-state index contributed by atoms with van der Waals surface area (Å²) in [6, 6.07) is 4.34. The Bertz CT molecular complexity index is 579. The summed E-state index contributed by atoms with van der Waals surface area (Å²) in [6.07, 6.45) is -0.378. The summed E-state index contributed by atoms with van der Waals surface area (Å²) < 4.78 is 10.4. The smallest absolute Gasteiger partial charge is 0.410 e. The first-order valence-electron chi connectivity index (χ1n) is 7.77. The van der Waals surface area contributed by atoms with Gasteiger partial charge in [-0.15, -0.1) is 0 Å². The van der Waals surface area contributed by atoms with Gasteiger partial charge in [0, 0.05) is 18.5 Å². The van der Waals surface area contributed by atoms with Crippen LogP contribution in [0.5, 0.6) is 11.5 Å². The van der Waals surface area contributed by atoms with Gasteiger partial charge in [0.25, 0.3) is 0 Å². The Morgan fingerprint density at radius 2 is 1.92 bits per heavy atom. The minimum atomic E-state index is -0.675. The quantitative estimate of drug-likeness (QED) is 0.610. The number of carbonyl (C=O) groups is 2. The Balaban J connectivity index is 2.94. The SMILES string of the molecule is CCC(=O)Oc1ccc(O)c(CN(CCO)C(=O)OC(C)(C)C)c1. The van der Waals surface area contributed by atoms with E-state index < -0.39 is 17.7 Å². The van der Waals surface area contributed by atoms with Crippen molar-refractivity contribution < 1.29 is 29.3 Å². The van der Waals surface area contributed by atoms with Crippen LogP contribution in [0.15, 0.2) is 18.2 Å². The van der Waals surface area contributed by atoms with Crippen LogP contribution in [0, 0.1) is 0 Å². The fourth-order valence-electron chi connectivity index (χ4n) is 1.84. The highest BCUT2D eigenvalue weighted by Crippen LogP contribution is 2.25. The van der Waals surface area contributed by atoms with E-state index in [0.717, 1.165) is 0 Å². The third-order valence-electron chi connectivity index (χ3n) is 2.95. The summed E-state index contributed by atoms with van der Waals surface area (Å²) in [5, 5.41) is 19.1. The lowest BCUT2D eigenvalue weighted by Gasteiger charge is -2.27. The molecule has 1 aromatic rings. The van der Waals surface area contributed by atoms with Gasteiger partial charge in [0.15, 0.2) is 0 Å². The molecule has 2 N–H and O–H groups in total. The number of phenolic OH excluding ortho intramolecular Hbond substituents is 1. The number of benzene rings is 1. The summed E-state index contributed by atoms with van der Waals surface area (Å²) in [6.45, 7) is 6.71. The number of carbonyl (C=O) groups excluding carboxylic acids is 2. The lowest BCUT2D eigenvalue weighted by Crippen LogP contribution is -2.38. The number of hydrogen-bond acceptors (Lipinski definition) is 6. The number of hydrogen-bond donors (Lipinski definition) is 2. The van der Waals surface area contributed by atoms with Crippen molar-refractivity contribution in [2.24, 2.45) is 0 Å². The van der Waals surface area contributed by atoms with Gasteiger partial charge in [0.1, 0.15) is 17.1 Å². The lowest BCUT2D eigenvalue weighted by atomic mass is 10.1. The molecule has 0 heterocycles. The monoisotopic (exact) mass is 339 g/mol. The fourth-order valence-corrected chi connectivity index (χ4v) is 1.84. The van der Waals surface area contributed by atoms with E-state index in [4.69, 9.17) is 14.6 Å². The first kappa shape index (κ1) is 19.8. The van der Waals surface area contributed by atoms with Crippen LogP contribution < -0.4 is 4.74 Å².